The number of anilines is 2. The van der Waals surface area contributed by atoms with E-state index < -0.39 is 0 Å². The maximum absolute atomic E-state index is 11.7. The lowest BCUT2D eigenvalue weighted by Crippen LogP contribution is -2.25. The van der Waals surface area contributed by atoms with Gasteiger partial charge in [0.2, 0.25) is 5.91 Å². The maximum atomic E-state index is 11.7. The first-order valence-corrected chi connectivity index (χ1v) is 5.31. The zero-order chi connectivity index (χ0) is 11.7. The van der Waals surface area contributed by atoms with Crippen LogP contribution in [0.15, 0.2) is 18.2 Å². The predicted octanol–water partition coefficient (Wildman–Crippen LogP) is 1.91. The Kier molecular flexibility index (Phi) is 2.76. The highest BCUT2D eigenvalue weighted by molar-refractivity contribution is 6.31. The second-order valence-electron chi connectivity index (χ2n) is 3.78. The van der Waals surface area contributed by atoms with Gasteiger partial charge >= 0.3 is 0 Å². The summed E-state index contributed by atoms with van der Waals surface area (Å²) in [5.74, 6) is 2.55. The Balaban J connectivity index is 2.35. The van der Waals surface area contributed by atoms with E-state index in [-0.39, 0.29) is 11.8 Å². The Bertz CT molecular complexity index is 478. The van der Waals surface area contributed by atoms with Gasteiger partial charge in [-0.15, -0.1) is 12.3 Å². The van der Waals surface area contributed by atoms with E-state index in [0.717, 1.165) is 0 Å². The molecule has 0 bridgehead atoms. The molecule has 0 saturated carbocycles. The van der Waals surface area contributed by atoms with Crippen molar-refractivity contribution in [3.8, 4) is 12.3 Å². The molecule has 0 radical (unpaired) electrons. The molecule has 1 heterocycles. The highest BCUT2D eigenvalue weighted by atomic mass is 35.5. The molecule has 1 fully saturated rings. The first-order chi connectivity index (χ1) is 7.61. The molecule has 1 amide bonds. The van der Waals surface area contributed by atoms with Crippen LogP contribution in [0.5, 0.6) is 0 Å². The zero-order valence-corrected chi connectivity index (χ0v) is 9.37. The van der Waals surface area contributed by atoms with Crippen LogP contribution >= 0.6 is 11.6 Å². The Hall–Kier alpha value is -1.66. The largest absolute Gasteiger partial charge is 0.397 e. The first-order valence-electron chi connectivity index (χ1n) is 4.93. The lowest BCUT2D eigenvalue weighted by molar-refractivity contribution is -0.117. The fraction of sp³-hybridized carbons (Fsp3) is 0.250. The van der Waals surface area contributed by atoms with Crippen LogP contribution in [0.25, 0.3) is 0 Å². The molecule has 0 aliphatic carbocycles. The second-order valence-corrected chi connectivity index (χ2v) is 4.21. The van der Waals surface area contributed by atoms with Gasteiger partial charge in [0.1, 0.15) is 0 Å². The van der Waals surface area contributed by atoms with Crippen molar-refractivity contribution >= 4 is 28.9 Å². The summed E-state index contributed by atoms with van der Waals surface area (Å²) in [4.78, 5) is 13.3. The number of hydrogen-bond acceptors (Lipinski definition) is 2. The number of halogens is 1. The van der Waals surface area contributed by atoms with Gasteiger partial charge < -0.3 is 10.6 Å². The Morgan fingerprint density at radius 2 is 2.31 bits per heavy atom. The van der Waals surface area contributed by atoms with E-state index in [0.29, 0.717) is 29.4 Å². The fourth-order valence-electron chi connectivity index (χ4n) is 1.80. The van der Waals surface area contributed by atoms with Gasteiger partial charge in [-0.25, -0.2) is 0 Å². The number of benzene rings is 1. The van der Waals surface area contributed by atoms with Crippen LogP contribution in [-0.4, -0.2) is 12.5 Å². The molecule has 1 aliphatic heterocycles. The molecule has 1 saturated heterocycles. The number of terminal acetylenes is 1. The van der Waals surface area contributed by atoms with Crippen LogP contribution in [0, 0.1) is 18.3 Å². The van der Waals surface area contributed by atoms with E-state index in [1.165, 1.54) is 0 Å². The molecule has 1 unspecified atom stereocenters. The van der Waals surface area contributed by atoms with Crippen molar-refractivity contribution < 1.29 is 4.79 Å². The first kappa shape index (κ1) is 10.8. The molecular weight excluding hydrogens is 224 g/mol. The van der Waals surface area contributed by atoms with Crippen LogP contribution in [0.4, 0.5) is 11.4 Å². The number of nitrogens with two attached hydrogens (primary N) is 1. The second kappa shape index (κ2) is 4.07. The number of carbonyl (C=O) groups excluding carboxylic acids is 1. The molecule has 16 heavy (non-hydrogen) atoms. The standard InChI is InChI=1S/C12H11ClN2O/c1-2-8-5-12(16)15(7-8)11-6-9(13)3-4-10(11)14/h1,3-4,6,8H,5,7,14H2. The summed E-state index contributed by atoms with van der Waals surface area (Å²) >= 11 is 5.88. The Morgan fingerprint density at radius 1 is 1.56 bits per heavy atom. The molecule has 82 valence electrons. The van der Waals surface area contributed by atoms with E-state index in [1.54, 1.807) is 23.1 Å². The third-order valence-corrected chi connectivity index (χ3v) is 2.88. The summed E-state index contributed by atoms with van der Waals surface area (Å²) in [6.45, 7) is 0.514. The number of nitrogen functional groups attached to an aromatic ring is 1. The Labute approximate surface area is 99.2 Å². The molecule has 0 aromatic heterocycles. The van der Waals surface area contributed by atoms with Crippen molar-refractivity contribution in [3.63, 3.8) is 0 Å². The Morgan fingerprint density at radius 3 is 2.94 bits per heavy atom. The minimum atomic E-state index is -0.0362. The van der Waals surface area contributed by atoms with Crippen LogP contribution in [-0.2, 0) is 4.79 Å². The minimum Gasteiger partial charge on any atom is -0.397 e. The van der Waals surface area contributed by atoms with Crippen LogP contribution in [0.3, 0.4) is 0 Å². The molecular formula is C12H11ClN2O. The molecule has 1 aromatic rings. The SMILES string of the molecule is C#CC1CC(=O)N(c2cc(Cl)ccc2N)C1. The summed E-state index contributed by atoms with van der Waals surface area (Å²) in [7, 11) is 0. The molecule has 2 N–H and O–H groups in total. The van der Waals surface area contributed by atoms with Gasteiger partial charge in [0.25, 0.3) is 0 Å². The third kappa shape index (κ3) is 1.84. The van der Waals surface area contributed by atoms with Gasteiger partial charge in [0, 0.05) is 23.9 Å². The van der Waals surface area contributed by atoms with Crippen molar-refractivity contribution in [1.29, 1.82) is 0 Å². The minimum absolute atomic E-state index is 0.00285. The molecule has 3 nitrogen and oxygen atoms in total. The molecule has 1 aromatic carbocycles. The summed E-state index contributed by atoms with van der Waals surface area (Å²) in [6.07, 6.45) is 5.70. The summed E-state index contributed by atoms with van der Waals surface area (Å²) in [5, 5.41) is 0.557. The van der Waals surface area contributed by atoms with Crippen molar-refractivity contribution in [2.45, 2.75) is 6.42 Å². The topological polar surface area (TPSA) is 46.3 Å². The molecule has 0 spiro atoms. The lowest BCUT2D eigenvalue weighted by atomic mass is 10.1. The van der Waals surface area contributed by atoms with Crippen molar-refractivity contribution in [3.05, 3.63) is 23.2 Å². The quantitative estimate of drug-likeness (QED) is 0.596. The van der Waals surface area contributed by atoms with Gasteiger partial charge in [0.05, 0.1) is 11.4 Å². The van der Waals surface area contributed by atoms with Gasteiger partial charge in [-0.2, -0.15) is 0 Å². The van der Waals surface area contributed by atoms with Crippen molar-refractivity contribution in [2.24, 2.45) is 5.92 Å². The number of amides is 1. The van der Waals surface area contributed by atoms with E-state index >= 15 is 0 Å². The number of nitrogens with zero attached hydrogens (tertiary/aromatic N) is 1. The average molecular weight is 235 g/mol. The number of rotatable bonds is 1. The molecule has 4 heteroatoms. The van der Waals surface area contributed by atoms with Gasteiger partial charge in [0.15, 0.2) is 0 Å². The lowest BCUT2D eigenvalue weighted by Gasteiger charge is -2.18. The van der Waals surface area contributed by atoms with E-state index in [2.05, 4.69) is 5.92 Å². The van der Waals surface area contributed by atoms with E-state index in [9.17, 15) is 4.79 Å². The van der Waals surface area contributed by atoms with Gasteiger partial charge in [-0.05, 0) is 18.2 Å². The van der Waals surface area contributed by atoms with Gasteiger partial charge in [-0.1, -0.05) is 11.6 Å². The predicted molar refractivity (Wildman–Crippen MR) is 65.2 cm³/mol. The van der Waals surface area contributed by atoms with Crippen molar-refractivity contribution in [2.75, 3.05) is 17.2 Å². The summed E-state index contributed by atoms with van der Waals surface area (Å²) in [5.41, 5.74) is 7.00. The fourth-order valence-corrected chi connectivity index (χ4v) is 1.97. The van der Waals surface area contributed by atoms with Crippen LogP contribution in [0.1, 0.15) is 6.42 Å². The van der Waals surface area contributed by atoms with E-state index in [4.69, 9.17) is 23.8 Å². The highest BCUT2D eigenvalue weighted by Crippen LogP contribution is 2.31. The summed E-state index contributed by atoms with van der Waals surface area (Å²) in [6, 6.07) is 5.07. The van der Waals surface area contributed by atoms with Crippen LogP contribution in [0.2, 0.25) is 5.02 Å². The van der Waals surface area contributed by atoms with Crippen LogP contribution < -0.4 is 10.6 Å². The number of carbonyl (C=O) groups is 1. The molecule has 2 rings (SSSR count). The van der Waals surface area contributed by atoms with Crippen molar-refractivity contribution in [1.82, 2.24) is 0 Å². The smallest absolute Gasteiger partial charge is 0.228 e. The molecule has 1 atom stereocenters. The monoisotopic (exact) mass is 234 g/mol. The number of hydrogen-bond donors (Lipinski definition) is 1. The van der Waals surface area contributed by atoms with E-state index in [1.807, 2.05) is 0 Å². The third-order valence-electron chi connectivity index (χ3n) is 2.64. The van der Waals surface area contributed by atoms with Gasteiger partial charge in [-0.3, -0.25) is 4.79 Å². The normalized spacial score (nSPS) is 19.9. The highest BCUT2D eigenvalue weighted by Gasteiger charge is 2.30. The molecule has 1 aliphatic rings. The maximum Gasteiger partial charge on any atom is 0.228 e. The average Bonchev–Trinajstić information content (AvgIpc) is 2.63. The summed E-state index contributed by atoms with van der Waals surface area (Å²) < 4.78 is 0. The zero-order valence-electron chi connectivity index (χ0n) is 8.61.